The van der Waals surface area contributed by atoms with Gasteiger partial charge in [-0.3, -0.25) is 0 Å². The van der Waals surface area contributed by atoms with Crippen LogP contribution < -0.4 is 16.8 Å². The van der Waals surface area contributed by atoms with Gasteiger partial charge in [0, 0.05) is 6.04 Å². The molecule has 0 spiro atoms. The molecule has 5 N–H and O–H groups in total. The molecule has 1 aliphatic carbocycles. The predicted molar refractivity (Wildman–Crippen MR) is 61.5 cm³/mol. The summed E-state index contributed by atoms with van der Waals surface area (Å²) in [5, 5.41) is 2.98. The lowest BCUT2D eigenvalue weighted by Gasteiger charge is -2.28. The number of hydrogen-bond acceptors (Lipinski definition) is 3. The molecule has 0 aromatic heterocycles. The molecule has 0 amide bonds. The summed E-state index contributed by atoms with van der Waals surface area (Å²) in [6.45, 7) is 0. The lowest BCUT2D eigenvalue weighted by Crippen LogP contribution is -2.28. The number of hydrogen-bond donors (Lipinski definition) is 3. The lowest BCUT2D eigenvalue weighted by atomic mass is 9.93. The van der Waals surface area contributed by atoms with Gasteiger partial charge in [-0.1, -0.05) is 11.6 Å². The Morgan fingerprint density at radius 3 is 2.53 bits per heavy atom. The predicted octanol–water partition coefficient (Wildman–Crippen LogP) is 2.61. The molecule has 0 heterocycles. The standard InChI is InChI=1S/C10H13ClFN3/c11-8-6(13)4-7(14)10(9(8)12)15-5-2-1-3-5/h4-5,15H,1-3,13-14H2. The average Bonchev–Trinajstić information content (AvgIpc) is 2.11. The van der Waals surface area contributed by atoms with Crippen LogP contribution >= 0.6 is 11.6 Å². The monoisotopic (exact) mass is 229 g/mol. The van der Waals surface area contributed by atoms with Gasteiger partial charge in [0.25, 0.3) is 0 Å². The first-order valence-corrected chi connectivity index (χ1v) is 5.27. The van der Waals surface area contributed by atoms with Crippen molar-refractivity contribution in [3.8, 4) is 0 Å². The zero-order valence-corrected chi connectivity index (χ0v) is 8.94. The van der Waals surface area contributed by atoms with E-state index in [1.54, 1.807) is 0 Å². The Balaban J connectivity index is 2.32. The maximum absolute atomic E-state index is 13.7. The number of halogens is 2. The molecule has 0 saturated heterocycles. The van der Waals surface area contributed by atoms with Crippen LogP contribution in [-0.2, 0) is 0 Å². The molecule has 5 heteroatoms. The molecule has 0 unspecified atom stereocenters. The third-order valence-electron chi connectivity index (χ3n) is 2.72. The fraction of sp³-hybridized carbons (Fsp3) is 0.400. The van der Waals surface area contributed by atoms with Crippen molar-refractivity contribution in [1.29, 1.82) is 0 Å². The van der Waals surface area contributed by atoms with Gasteiger partial charge in [-0.15, -0.1) is 0 Å². The topological polar surface area (TPSA) is 64.1 Å². The molecule has 0 aliphatic heterocycles. The molecular formula is C10H13ClFN3. The van der Waals surface area contributed by atoms with Crippen molar-refractivity contribution in [3.05, 3.63) is 16.9 Å². The van der Waals surface area contributed by atoms with Crippen molar-refractivity contribution < 1.29 is 4.39 Å². The number of anilines is 3. The maximum Gasteiger partial charge on any atom is 0.169 e. The van der Waals surface area contributed by atoms with E-state index in [2.05, 4.69) is 5.32 Å². The molecule has 1 aliphatic rings. The van der Waals surface area contributed by atoms with Crippen LogP contribution in [0.25, 0.3) is 0 Å². The molecule has 1 aromatic carbocycles. The highest BCUT2D eigenvalue weighted by atomic mass is 35.5. The highest BCUT2D eigenvalue weighted by Crippen LogP contribution is 2.35. The van der Waals surface area contributed by atoms with Gasteiger partial charge in [-0.05, 0) is 25.3 Å². The zero-order valence-electron chi connectivity index (χ0n) is 8.19. The summed E-state index contributed by atoms with van der Waals surface area (Å²) in [7, 11) is 0. The van der Waals surface area contributed by atoms with E-state index in [9.17, 15) is 4.39 Å². The smallest absolute Gasteiger partial charge is 0.169 e. The quantitative estimate of drug-likeness (QED) is 0.683. The van der Waals surface area contributed by atoms with E-state index < -0.39 is 5.82 Å². The molecule has 0 atom stereocenters. The molecule has 1 aromatic rings. The van der Waals surface area contributed by atoms with Gasteiger partial charge in [0.1, 0.15) is 5.02 Å². The first-order valence-electron chi connectivity index (χ1n) is 4.89. The molecular weight excluding hydrogens is 217 g/mol. The van der Waals surface area contributed by atoms with Crippen LogP contribution in [0.2, 0.25) is 5.02 Å². The lowest BCUT2D eigenvalue weighted by molar-refractivity contribution is 0.443. The van der Waals surface area contributed by atoms with Crippen molar-refractivity contribution in [2.45, 2.75) is 25.3 Å². The Kier molecular flexibility index (Phi) is 2.61. The van der Waals surface area contributed by atoms with Crippen molar-refractivity contribution in [3.63, 3.8) is 0 Å². The van der Waals surface area contributed by atoms with Crippen LogP contribution in [0.5, 0.6) is 0 Å². The van der Waals surface area contributed by atoms with Gasteiger partial charge in [-0.25, -0.2) is 4.39 Å². The third kappa shape index (κ3) is 1.81. The van der Waals surface area contributed by atoms with E-state index in [1.807, 2.05) is 0 Å². The van der Waals surface area contributed by atoms with Gasteiger partial charge in [0.05, 0.1) is 17.1 Å². The largest absolute Gasteiger partial charge is 0.397 e. The molecule has 3 nitrogen and oxygen atoms in total. The van der Waals surface area contributed by atoms with Crippen LogP contribution in [0.1, 0.15) is 19.3 Å². The number of rotatable bonds is 2. The molecule has 15 heavy (non-hydrogen) atoms. The van der Waals surface area contributed by atoms with E-state index in [1.165, 1.54) is 12.5 Å². The minimum absolute atomic E-state index is 0.0639. The van der Waals surface area contributed by atoms with E-state index in [0.29, 0.717) is 11.7 Å². The first kappa shape index (κ1) is 10.4. The van der Waals surface area contributed by atoms with Crippen molar-refractivity contribution >= 4 is 28.7 Å². The first-order chi connectivity index (χ1) is 7.09. The van der Waals surface area contributed by atoms with E-state index in [4.69, 9.17) is 23.1 Å². The summed E-state index contributed by atoms with van der Waals surface area (Å²) in [6, 6.07) is 1.79. The second-order valence-electron chi connectivity index (χ2n) is 3.83. The maximum atomic E-state index is 13.7. The molecule has 1 fully saturated rings. The number of benzene rings is 1. The zero-order chi connectivity index (χ0) is 11.0. The SMILES string of the molecule is Nc1cc(N)c(NC2CCC2)c(F)c1Cl. The summed E-state index contributed by atoms with van der Waals surface area (Å²) >= 11 is 5.70. The third-order valence-corrected chi connectivity index (χ3v) is 3.10. The fourth-order valence-electron chi connectivity index (χ4n) is 1.57. The van der Waals surface area contributed by atoms with Crippen LogP contribution in [0.15, 0.2) is 6.07 Å². The molecule has 82 valence electrons. The highest BCUT2D eigenvalue weighted by Gasteiger charge is 2.21. The minimum atomic E-state index is -0.555. The van der Waals surface area contributed by atoms with Crippen molar-refractivity contribution in [1.82, 2.24) is 0 Å². The Hall–Kier alpha value is -1.16. The summed E-state index contributed by atoms with van der Waals surface area (Å²) in [4.78, 5) is 0. The fourth-order valence-corrected chi connectivity index (χ4v) is 1.72. The minimum Gasteiger partial charge on any atom is -0.397 e. The van der Waals surface area contributed by atoms with Crippen molar-refractivity contribution in [2.24, 2.45) is 0 Å². The summed E-state index contributed by atoms with van der Waals surface area (Å²) in [6.07, 6.45) is 3.25. The molecule has 0 radical (unpaired) electrons. The molecule has 2 rings (SSSR count). The summed E-state index contributed by atoms with van der Waals surface area (Å²) in [5.41, 5.74) is 11.9. The summed E-state index contributed by atoms with van der Waals surface area (Å²) in [5.74, 6) is -0.555. The highest BCUT2D eigenvalue weighted by molar-refractivity contribution is 6.33. The Bertz CT molecular complexity index is 391. The van der Waals surface area contributed by atoms with Gasteiger partial charge in [0.15, 0.2) is 5.82 Å². The molecule has 1 saturated carbocycles. The molecule has 0 bridgehead atoms. The van der Waals surface area contributed by atoms with E-state index in [-0.39, 0.29) is 16.4 Å². The van der Waals surface area contributed by atoms with Gasteiger partial charge in [0.2, 0.25) is 0 Å². The van der Waals surface area contributed by atoms with Gasteiger partial charge in [-0.2, -0.15) is 0 Å². The number of nitrogens with one attached hydrogen (secondary N) is 1. The van der Waals surface area contributed by atoms with Crippen LogP contribution in [-0.4, -0.2) is 6.04 Å². The van der Waals surface area contributed by atoms with Crippen LogP contribution in [0, 0.1) is 5.82 Å². The summed E-state index contributed by atoms with van der Waals surface area (Å²) < 4.78 is 13.7. The van der Waals surface area contributed by atoms with Crippen LogP contribution in [0.3, 0.4) is 0 Å². The van der Waals surface area contributed by atoms with Crippen LogP contribution in [0.4, 0.5) is 21.5 Å². The number of nitrogens with two attached hydrogens (primary N) is 2. The number of nitrogen functional groups attached to an aromatic ring is 2. The Labute approximate surface area is 92.6 Å². The van der Waals surface area contributed by atoms with E-state index in [0.717, 1.165) is 12.8 Å². The van der Waals surface area contributed by atoms with Crippen molar-refractivity contribution in [2.75, 3.05) is 16.8 Å². The Morgan fingerprint density at radius 1 is 1.33 bits per heavy atom. The normalized spacial score (nSPS) is 16.1. The Morgan fingerprint density at radius 2 is 2.00 bits per heavy atom. The van der Waals surface area contributed by atoms with Gasteiger partial charge < -0.3 is 16.8 Å². The van der Waals surface area contributed by atoms with Gasteiger partial charge >= 0.3 is 0 Å². The van der Waals surface area contributed by atoms with E-state index >= 15 is 0 Å². The second kappa shape index (κ2) is 3.77. The average molecular weight is 230 g/mol. The second-order valence-corrected chi connectivity index (χ2v) is 4.21.